The lowest BCUT2D eigenvalue weighted by Gasteiger charge is -2.18. The van der Waals surface area contributed by atoms with Gasteiger partial charge < -0.3 is 16.4 Å². The summed E-state index contributed by atoms with van der Waals surface area (Å²) in [6.07, 6.45) is 0. The van der Waals surface area contributed by atoms with Gasteiger partial charge in [0.05, 0.1) is 28.7 Å². The molecule has 0 fully saturated rings. The monoisotopic (exact) mass is 353 g/mol. The smallest absolute Gasteiger partial charge is 0.277 e. The first-order chi connectivity index (χ1) is 10.2. The van der Waals surface area contributed by atoms with Gasteiger partial charge in [0.25, 0.3) is 11.8 Å². The molecule has 0 aliphatic carbocycles. The van der Waals surface area contributed by atoms with E-state index in [1.807, 2.05) is 5.32 Å². The van der Waals surface area contributed by atoms with Crippen molar-refractivity contribution in [2.75, 3.05) is 13.1 Å². The van der Waals surface area contributed by atoms with E-state index >= 15 is 0 Å². The van der Waals surface area contributed by atoms with E-state index in [0.717, 1.165) is 0 Å². The molecule has 0 saturated heterocycles. The van der Waals surface area contributed by atoms with Crippen LogP contribution < -0.4 is 16.4 Å². The number of nitrogens with one attached hydrogen (secondary N) is 2. The number of rotatable bonds is 6. The van der Waals surface area contributed by atoms with Crippen molar-refractivity contribution in [3.05, 3.63) is 33.8 Å². The van der Waals surface area contributed by atoms with E-state index in [2.05, 4.69) is 5.32 Å². The zero-order chi connectivity index (χ0) is 16.9. The van der Waals surface area contributed by atoms with Crippen LogP contribution in [0.3, 0.4) is 0 Å². The summed E-state index contributed by atoms with van der Waals surface area (Å²) in [6.45, 7) is -0.432. The molecule has 1 rings (SSSR count). The summed E-state index contributed by atoms with van der Waals surface area (Å²) in [5.41, 5.74) is 4.94. The fourth-order valence-corrected chi connectivity index (χ4v) is 1.85. The third kappa shape index (κ3) is 5.08. The molecule has 0 aliphatic heterocycles. The molecule has 1 aromatic rings. The number of carbonyl (C=O) groups is 2. The number of carbonyl (C=O) groups excluding carboxylic acids is 2. The van der Waals surface area contributed by atoms with E-state index in [-0.39, 0.29) is 15.6 Å². The van der Waals surface area contributed by atoms with Crippen molar-refractivity contribution >= 4 is 35.0 Å². The molecule has 0 saturated carbocycles. The van der Waals surface area contributed by atoms with Gasteiger partial charge >= 0.3 is 0 Å². The Hall–Kier alpha value is -1.44. The van der Waals surface area contributed by atoms with Crippen molar-refractivity contribution in [3.8, 4) is 0 Å². The van der Waals surface area contributed by atoms with Crippen LogP contribution in [-0.4, -0.2) is 36.9 Å². The third-order valence-corrected chi connectivity index (χ3v) is 3.58. The van der Waals surface area contributed by atoms with Crippen LogP contribution in [0.25, 0.3) is 0 Å². The Morgan fingerprint density at radius 2 is 2.00 bits per heavy atom. The second-order valence-corrected chi connectivity index (χ2v) is 5.36. The first-order valence-electron chi connectivity index (χ1n) is 6.28. The van der Waals surface area contributed by atoms with Gasteiger partial charge in [-0.1, -0.05) is 29.3 Å². The fourth-order valence-electron chi connectivity index (χ4n) is 1.46. The van der Waals surface area contributed by atoms with Crippen molar-refractivity contribution in [3.63, 3.8) is 0 Å². The Bertz CT molecular complexity index is 570. The maximum absolute atomic E-state index is 12.9. The summed E-state index contributed by atoms with van der Waals surface area (Å²) in [5, 5.41) is 4.60. The quantitative estimate of drug-likeness (QED) is 0.729. The number of hydrogen-bond donors (Lipinski definition) is 3. The number of benzene rings is 1. The van der Waals surface area contributed by atoms with Gasteiger partial charge in [0, 0.05) is 0 Å². The van der Waals surface area contributed by atoms with Crippen molar-refractivity contribution in [1.82, 2.24) is 10.6 Å². The van der Waals surface area contributed by atoms with E-state index in [0.29, 0.717) is 0 Å². The highest BCUT2D eigenvalue weighted by molar-refractivity contribution is 6.43. The number of halogens is 4. The van der Waals surface area contributed by atoms with Crippen LogP contribution in [0, 0.1) is 0 Å². The van der Waals surface area contributed by atoms with Gasteiger partial charge in [-0.2, -0.15) is 0 Å². The molecule has 0 bridgehead atoms. The predicted octanol–water partition coefficient (Wildman–Crippen LogP) is 1.82. The van der Waals surface area contributed by atoms with E-state index in [4.69, 9.17) is 28.9 Å². The highest BCUT2D eigenvalue weighted by Gasteiger charge is 2.28. The molecule has 9 heteroatoms. The first-order valence-corrected chi connectivity index (χ1v) is 7.04. The summed E-state index contributed by atoms with van der Waals surface area (Å²) in [6, 6.07) is 3.43. The molecule has 1 aromatic carbocycles. The zero-order valence-electron chi connectivity index (χ0n) is 11.6. The van der Waals surface area contributed by atoms with Crippen LogP contribution in [-0.2, 0) is 4.79 Å². The van der Waals surface area contributed by atoms with E-state index < -0.39 is 36.9 Å². The maximum atomic E-state index is 12.9. The second kappa shape index (κ2) is 7.71. The Balaban J connectivity index is 2.64. The maximum Gasteiger partial charge on any atom is 0.277 e. The molecular weight excluding hydrogens is 339 g/mol. The van der Waals surface area contributed by atoms with Crippen LogP contribution in [0.1, 0.15) is 17.3 Å². The predicted molar refractivity (Wildman–Crippen MR) is 80.4 cm³/mol. The molecular formula is C13H15Cl2F2N3O2. The summed E-state index contributed by atoms with van der Waals surface area (Å²) in [5.74, 6) is -4.60. The summed E-state index contributed by atoms with van der Waals surface area (Å²) >= 11 is 11.7. The molecule has 0 aliphatic rings. The summed E-state index contributed by atoms with van der Waals surface area (Å²) < 4.78 is 25.9. The molecule has 2 amide bonds. The van der Waals surface area contributed by atoms with Gasteiger partial charge in [0.15, 0.2) is 0 Å². The molecule has 1 atom stereocenters. The van der Waals surface area contributed by atoms with Gasteiger partial charge in [-0.3, -0.25) is 9.59 Å². The number of amides is 2. The Morgan fingerprint density at radius 1 is 1.36 bits per heavy atom. The minimum atomic E-state index is -3.20. The molecule has 0 heterocycles. The van der Waals surface area contributed by atoms with E-state index in [9.17, 15) is 18.4 Å². The van der Waals surface area contributed by atoms with Crippen molar-refractivity contribution in [2.24, 2.45) is 5.73 Å². The van der Waals surface area contributed by atoms with Crippen LogP contribution >= 0.6 is 23.2 Å². The Morgan fingerprint density at radius 3 is 2.59 bits per heavy atom. The largest absolute Gasteiger partial charge is 0.348 e. The third-order valence-electron chi connectivity index (χ3n) is 2.76. The van der Waals surface area contributed by atoms with Gasteiger partial charge in [-0.05, 0) is 19.1 Å². The van der Waals surface area contributed by atoms with Crippen molar-refractivity contribution in [1.29, 1.82) is 0 Å². The van der Waals surface area contributed by atoms with Crippen LogP contribution in [0.15, 0.2) is 18.2 Å². The first kappa shape index (κ1) is 18.6. The molecule has 122 valence electrons. The summed E-state index contributed by atoms with van der Waals surface area (Å²) in [4.78, 5) is 23.7. The molecule has 0 aromatic heterocycles. The van der Waals surface area contributed by atoms with Crippen molar-refractivity contribution in [2.45, 2.75) is 18.9 Å². The van der Waals surface area contributed by atoms with Crippen LogP contribution in [0.2, 0.25) is 10.0 Å². The molecule has 0 spiro atoms. The minimum absolute atomic E-state index is 0.0453. The van der Waals surface area contributed by atoms with Crippen LogP contribution in [0.4, 0.5) is 8.78 Å². The lowest BCUT2D eigenvalue weighted by molar-refractivity contribution is -0.124. The Kier molecular flexibility index (Phi) is 6.52. The SMILES string of the molecule is CC(NC(=O)c1cccc(Cl)c1Cl)C(=O)NCC(F)(F)CN. The van der Waals surface area contributed by atoms with E-state index in [1.165, 1.54) is 25.1 Å². The highest BCUT2D eigenvalue weighted by atomic mass is 35.5. The van der Waals surface area contributed by atoms with Gasteiger partial charge in [-0.15, -0.1) is 0 Å². The normalized spacial score (nSPS) is 12.6. The lowest BCUT2D eigenvalue weighted by atomic mass is 10.2. The van der Waals surface area contributed by atoms with Gasteiger partial charge in [-0.25, -0.2) is 8.78 Å². The van der Waals surface area contributed by atoms with Gasteiger partial charge in [0.2, 0.25) is 5.91 Å². The topological polar surface area (TPSA) is 84.2 Å². The molecule has 5 nitrogen and oxygen atoms in total. The van der Waals surface area contributed by atoms with E-state index in [1.54, 1.807) is 0 Å². The fraction of sp³-hybridized carbons (Fsp3) is 0.385. The number of nitrogens with two attached hydrogens (primary N) is 1. The van der Waals surface area contributed by atoms with Crippen LogP contribution in [0.5, 0.6) is 0 Å². The molecule has 22 heavy (non-hydrogen) atoms. The molecule has 0 radical (unpaired) electrons. The van der Waals surface area contributed by atoms with Gasteiger partial charge in [0.1, 0.15) is 6.04 Å². The lowest BCUT2D eigenvalue weighted by Crippen LogP contribution is -2.49. The zero-order valence-corrected chi connectivity index (χ0v) is 13.1. The average molecular weight is 354 g/mol. The molecule has 1 unspecified atom stereocenters. The highest BCUT2D eigenvalue weighted by Crippen LogP contribution is 2.25. The standard InChI is InChI=1S/C13H15Cl2F2N3O2/c1-7(11(21)19-6-13(16,17)5-18)20-12(22)8-3-2-4-9(14)10(8)15/h2-4,7H,5-6,18H2,1H3,(H,19,21)(H,20,22). The second-order valence-electron chi connectivity index (χ2n) is 4.57. The molecule has 4 N–H and O–H groups in total. The summed E-state index contributed by atoms with van der Waals surface area (Å²) in [7, 11) is 0. The number of hydrogen-bond acceptors (Lipinski definition) is 3. The minimum Gasteiger partial charge on any atom is -0.348 e. The van der Waals surface area contributed by atoms with Crippen molar-refractivity contribution < 1.29 is 18.4 Å². The Labute approximate surface area is 136 Å². The average Bonchev–Trinajstić information content (AvgIpc) is 2.47. The number of alkyl halides is 2.